The van der Waals surface area contributed by atoms with Gasteiger partial charge in [-0.2, -0.15) is 20.2 Å². The summed E-state index contributed by atoms with van der Waals surface area (Å²) in [4.78, 5) is 0. The summed E-state index contributed by atoms with van der Waals surface area (Å²) in [7, 11) is -3.72. The Morgan fingerprint density at radius 3 is 2.00 bits per heavy atom. The molecule has 0 saturated heterocycles. The fraction of sp³-hybridized carbons (Fsp3) is 0.500. The summed E-state index contributed by atoms with van der Waals surface area (Å²) in [5.74, 6) is 0.419. The minimum absolute atomic E-state index is 0.419. The second-order valence-corrected chi connectivity index (χ2v) is 5.26. The van der Waals surface area contributed by atoms with E-state index in [-0.39, 0.29) is 0 Å². The van der Waals surface area contributed by atoms with E-state index in [4.69, 9.17) is 13.8 Å². The van der Waals surface area contributed by atoms with E-state index < -0.39 is 7.82 Å². The van der Waals surface area contributed by atoms with E-state index in [9.17, 15) is 4.57 Å². The topological polar surface area (TPSA) is 68.8 Å². The van der Waals surface area contributed by atoms with E-state index in [0.717, 1.165) is 12.8 Å². The van der Waals surface area contributed by atoms with Crippen LogP contribution in [0, 0.1) is 0 Å². The first-order chi connectivity index (χ1) is 9.20. The number of hydrogen-bond acceptors (Lipinski definition) is 6. The lowest BCUT2D eigenvalue weighted by Crippen LogP contribution is -2.22. The van der Waals surface area contributed by atoms with Gasteiger partial charge < -0.3 is 4.52 Å². The summed E-state index contributed by atoms with van der Waals surface area (Å²) in [6.45, 7) is 5.05. The van der Waals surface area contributed by atoms with E-state index in [1.807, 2.05) is 19.9 Å². The molecule has 0 aliphatic carbocycles. The normalized spacial score (nSPS) is 11.5. The lowest BCUT2D eigenvalue weighted by Gasteiger charge is -2.18. The molecule has 0 unspecified atom stereocenters. The Labute approximate surface area is 114 Å². The van der Waals surface area contributed by atoms with Gasteiger partial charge in [0.1, 0.15) is 5.75 Å². The fourth-order valence-corrected chi connectivity index (χ4v) is 2.11. The Morgan fingerprint density at radius 2 is 1.53 bits per heavy atom. The van der Waals surface area contributed by atoms with E-state index in [1.54, 1.807) is 24.3 Å². The van der Waals surface area contributed by atoms with Gasteiger partial charge in [0.25, 0.3) is 0 Å². The molecule has 0 aliphatic heterocycles. The maximum Gasteiger partial charge on any atom is 0.563 e. The molecular weight excluding hydrogens is 267 g/mol. The largest absolute Gasteiger partial charge is 0.563 e. The van der Waals surface area contributed by atoms with Crippen molar-refractivity contribution in [3.63, 3.8) is 0 Å². The van der Waals surface area contributed by atoms with Crippen LogP contribution in [0.4, 0.5) is 0 Å². The standard InChI is InChI=1S/C12H21N2O4P/c1-3-10-13-17-19(15,18-14-11-4-2)16-12-8-6-5-7-9-12/h5-9,13-14H,3-4,10-11H2,1-2H3. The second kappa shape index (κ2) is 9.07. The molecule has 0 heterocycles. The van der Waals surface area contributed by atoms with Crippen molar-refractivity contribution in [2.75, 3.05) is 13.1 Å². The molecule has 1 rings (SSSR count). The Kier molecular flexibility index (Phi) is 7.70. The molecule has 0 radical (unpaired) electrons. The van der Waals surface area contributed by atoms with Crippen molar-refractivity contribution >= 4 is 7.82 Å². The first-order valence-corrected chi connectivity index (χ1v) is 7.84. The maximum atomic E-state index is 12.3. The molecule has 0 bridgehead atoms. The van der Waals surface area contributed by atoms with Crippen LogP contribution in [0.5, 0.6) is 5.75 Å². The van der Waals surface area contributed by atoms with Gasteiger partial charge in [0.05, 0.1) is 0 Å². The Hall–Kier alpha value is -0.910. The SMILES string of the molecule is CCCNOP(=O)(ONCCC)Oc1ccccc1. The van der Waals surface area contributed by atoms with E-state index in [1.165, 1.54) is 0 Å². The third kappa shape index (κ3) is 6.71. The molecule has 1 aromatic carbocycles. The molecule has 0 fully saturated rings. The Bertz CT molecular complexity index is 375. The first-order valence-electron chi connectivity index (χ1n) is 6.37. The lowest BCUT2D eigenvalue weighted by molar-refractivity contribution is 0.0668. The van der Waals surface area contributed by atoms with Crippen LogP contribution < -0.4 is 15.5 Å². The van der Waals surface area contributed by atoms with Gasteiger partial charge in [-0.25, -0.2) is 4.57 Å². The predicted molar refractivity (Wildman–Crippen MR) is 73.4 cm³/mol. The van der Waals surface area contributed by atoms with Gasteiger partial charge in [-0.15, -0.1) is 0 Å². The number of rotatable bonds is 10. The summed E-state index contributed by atoms with van der Waals surface area (Å²) < 4.78 is 27.7. The predicted octanol–water partition coefficient (Wildman–Crippen LogP) is 3.04. The number of nitrogens with one attached hydrogen (secondary N) is 2. The Balaban J connectivity index is 2.59. The highest BCUT2D eigenvalue weighted by atomic mass is 31.2. The number of benzene rings is 1. The van der Waals surface area contributed by atoms with Crippen LogP contribution in [0.2, 0.25) is 0 Å². The van der Waals surface area contributed by atoms with E-state index in [2.05, 4.69) is 11.0 Å². The zero-order valence-electron chi connectivity index (χ0n) is 11.3. The smallest absolute Gasteiger partial charge is 0.402 e. The van der Waals surface area contributed by atoms with Crippen molar-refractivity contribution in [3.05, 3.63) is 30.3 Å². The Morgan fingerprint density at radius 1 is 1.00 bits per heavy atom. The van der Waals surface area contributed by atoms with E-state index in [0.29, 0.717) is 18.8 Å². The van der Waals surface area contributed by atoms with Gasteiger partial charge in [0.2, 0.25) is 0 Å². The summed E-state index contributed by atoms with van der Waals surface area (Å²) in [5.41, 5.74) is 5.14. The monoisotopic (exact) mass is 288 g/mol. The molecule has 0 aliphatic rings. The zero-order valence-corrected chi connectivity index (χ0v) is 12.2. The quantitative estimate of drug-likeness (QED) is 0.392. The molecule has 0 saturated carbocycles. The fourth-order valence-electron chi connectivity index (χ4n) is 1.12. The van der Waals surface area contributed by atoms with Gasteiger partial charge in [-0.1, -0.05) is 32.0 Å². The molecule has 2 N–H and O–H groups in total. The molecule has 108 valence electrons. The zero-order chi connectivity index (χ0) is 14.0. The van der Waals surface area contributed by atoms with Crippen LogP contribution in [0.25, 0.3) is 0 Å². The number of para-hydroxylation sites is 1. The van der Waals surface area contributed by atoms with Crippen LogP contribution >= 0.6 is 7.82 Å². The van der Waals surface area contributed by atoms with Gasteiger partial charge in [-0.3, -0.25) is 0 Å². The molecule has 1 aromatic rings. The molecule has 6 nitrogen and oxygen atoms in total. The van der Waals surface area contributed by atoms with Crippen molar-refractivity contribution in [1.29, 1.82) is 0 Å². The maximum absolute atomic E-state index is 12.3. The highest BCUT2D eigenvalue weighted by Gasteiger charge is 2.29. The van der Waals surface area contributed by atoms with Crippen LogP contribution in [0.15, 0.2) is 30.3 Å². The molecule has 0 spiro atoms. The van der Waals surface area contributed by atoms with Gasteiger partial charge in [-0.05, 0) is 25.0 Å². The molecule has 0 aromatic heterocycles. The van der Waals surface area contributed by atoms with Crippen LogP contribution in [0.3, 0.4) is 0 Å². The van der Waals surface area contributed by atoms with Crippen LogP contribution in [-0.2, 0) is 13.8 Å². The highest BCUT2D eigenvalue weighted by molar-refractivity contribution is 7.48. The number of phosphoric acid groups is 1. The van der Waals surface area contributed by atoms with Crippen molar-refractivity contribution in [2.45, 2.75) is 26.7 Å². The van der Waals surface area contributed by atoms with Crippen LogP contribution in [-0.4, -0.2) is 13.1 Å². The second-order valence-electron chi connectivity index (χ2n) is 3.82. The first kappa shape index (κ1) is 16.1. The number of hydrogen-bond donors (Lipinski definition) is 2. The summed E-state index contributed by atoms with van der Waals surface area (Å²) in [6, 6.07) is 8.75. The minimum atomic E-state index is -3.72. The summed E-state index contributed by atoms with van der Waals surface area (Å²) in [6.07, 6.45) is 1.68. The van der Waals surface area contributed by atoms with Crippen molar-refractivity contribution in [3.8, 4) is 5.75 Å². The molecule has 0 atom stereocenters. The average molecular weight is 288 g/mol. The summed E-state index contributed by atoms with van der Waals surface area (Å²) in [5, 5.41) is 0. The van der Waals surface area contributed by atoms with Crippen molar-refractivity contribution in [2.24, 2.45) is 0 Å². The van der Waals surface area contributed by atoms with Gasteiger partial charge >= 0.3 is 7.82 Å². The third-order valence-electron chi connectivity index (χ3n) is 2.02. The minimum Gasteiger partial charge on any atom is -0.402 e. The molecule has 0 amide bonds. The van der Waals surface area contributed by atoms with Crippen LogP contribution in [0.1, 0.15) is 26.7 Å². The third-order valence-corrected chi connectivity index (χ3v) is 3.16. The highest BCUT2D eigenvalue weighted by Crippen LogP contribution is 2.47. The van der Waals surface area contributed by atoms with Crippen molar-refractivity contribution in [1.82, 2.24) is 11.0 Å². The molecular formula is C12H21N2O4P. The molecule has 7 heteroatoms. The lowest BCUT2D eigenvalue weighted by atomic mass is 10.3. The number of hydroxylamine groups is 2. The van der Waals surface area contributed by atoms with Gasteiger partial charge in [0.15, 0.2) is 0 Å². The average Bonchev–Trinajstić information content (AvgIpc) is 2.40. The molecule has 19 heavy (non-hydrogen) atoms. The summed E-state index contributed by atoms with van der Waals surface area (Å²) >= 11 is 0. The van der Waals surface area contributed by atoms with E-state index >= 15 is 0 Å². The van der Waals surface area contributed by atoms with Gasteiger partial charge in [0, 0.05) is 13.1 Å². The van der Waals surface area contributed by atoms with Crippen molar-refractivity contribution < 1.29 is 18.3 Å².